The number of aryl methyl sites for hydroxylation is 3. The number of ether oxygens (including phenoxy) is 1. The molecule has 4 aromatic carbocycles. The van der Waals surface area contributed by atoms with Gasteiger partial charge in [-0.05, 0) is 233 Å². The molecule has 5 aromatic rings. The summed E-state index contributed by atoms with van der Waals surface area (Å²) < 4.78 is 12.2. The normalized spacial score (nSPS) is 17.5. The van der Waals surface area contributed by atoms with Crippen LogP contribution >= 0.6 is 0 Å². The van der Waals surface area contributed by atoms with Gasteiger partial charge in [0.15, 0.2) is 0 Å². The number of aliphatic hydroxyl groups is 1. The van der Waals surface area contributed by atoms with E-state index in [2.05, 4.69) is 149 Å². The zero-order valence-corrected chi connectivity index (χ0v) is 38.7. The maximum atomic E-state index is 13.4. The summed E-state index contributed by atoms with van der Waals surface area (Å²) >= 11 is 0. The van der Waals surface area contributed by atoms with E-state index < -0.39 is 6.29 Å². The van der Waals surface area contributed by atoms with E-state index in [1.165, 1.54) is 72.4 Å². The van der Waals surface area contributed by atoms with Crippen molar-refractivity contribution in [3.05, 3.63) is 105 Å². The highest BCUT2D eigenvalue weighted by Crippen LogP contribution is 2.55. The van der Waals surface area contributed by atoms with Crippen molar-refractivity contribution < 1.29 is 14.3 Å². The quantitative estimate of drug-likeness (QED) is 0.107. The molecular weight excluding hydrogens is 717 g/mol. The summed E-state index contributed by atoms with van der Waals surface area (Å²) in [5, 5.41) is 21.5. The van der Waals surface area contributed by atoms with E-state index >= 15 is 0 Å². The van der Waals surface area contributed by atoms with Gasteiger partial charge in [0.2, 0.25) is 6.29 Å². The largest absolute Gasteiger partial charge is 0.460 e. The molecule has 1 aromatic heterocycles. The van der Waals surface area contributed by atoms with Crippen molar-refractivity contribution in [1.82, 2.24) is 0 Å². The number of aliphatic hydroxyl groups excluding tert-OH is 1. The van der Waals surface area contributed by atoms with Gasteiger partial charge in [-0.25, -0.2) is 4.79 Å². The van der Waals surface area contributed by atoms with Crippen LogP contribution in [0.3, 0.4) is 0 Å². The topological polar surface area (TPSA) is 83.7 Å². The highest BCUT2D eigenvalue weighted by atomic mass is 16.6. The Hall–Kier alpha value is -4.81. The highest BCUT2D eigenvalue weighted by Gasteiger charge is 2.39. The van der Waals surface area contributed by atoms with Crippen LogP contribution in [0.5, 0.6) is 5.75 Å². The first-order chi connectivity index (χ1) is 26.8. The molecule has 1 atom stereocenters. The van der Waals surface area contributed by atoms with E-state index in [-0.39, 0.29) is 16.7 Å². The molecule has 0 radical (unpaired) electrons. The summed E-state index contributed by atoms with van der Waals surface area (Å²) in [6.45, 7) is 43.2. The molecule has 0 fully saturated rings. The monoisotopic (exact) mass is 780 g/mol. The molecule has 306 valence electrons. The third-order valence-electron chi connectivity index (χ3n) is 15.4. The number of allylic oxidation sites excluding steroid dienone is 2. The first-order valence-corrected chi connectivity index (χ1v) is 20.8. The van der Waals surface area contributed by atoms with E-state index in [1.54, 1.807) is 0 Å². The summed E-state index contributed by atoms with van der Waals surface area (Å²) in [6, 6.07) is 0. The Bertz CT molecular complexity index is 2840. The Balaban J connectivity index is 0.000000177. The van der Waals surface area contributed by atoms with Crippen LogP contribution < -0.4 is 21.0 Å². The third-order valence-corrected chi connectivity index (χ3v) is 15.4. The lowest BCUT2D eigenvalue weighted by atomic mass is 9.75. The van der Waals surface area contributed by atoms with Crippen LogP contribution in [0.25, 0.3) is 44.0 Å². The molecule has 6 nitrogen and oxygen atoms in total. The van der Waals surface area contributed by atoms with Gasteiger partial charge in [-0.15, -0.1) is 0 Å². The summed E-state index contributed by atoms with van der Waals surface area (Å²) in [5.74, 6) is 0.829. The molecule has 3 N–H and O–H groups in total. The molecule has 0 aliphatic carbocycles. The van der Waals surface area contributed by atoms with Gasteiger partial charge in [0.1, 0.15) is 11.3 Å². The fourth-order valence-corrected chi connectivity index (χ4v) is 10.1. The number of anilines is 2. The lowest BCUT2D eigenvalue weighted by Crippen LogP contribution is -2.37. The summed E-state index contributed by atoms with van der Waals surface area (Å²) in [6.07, 6.45) is -0.975. The van der Waals surface area contributed by atoms with Crippen molar-refractivity contribution >= 4 is 44.3 Å². The zero-order valence-electron chi connectivity index (χ0n) is 38.7. The van der Waals surface area contributed by atoms with Crippen molar-refractivity contribution in [1.29, 1.82) is 0 Å². The van der Waals surface area contributed by atoms with Crippen molar-refractivity contribution in [3.8, 4) is 16.9 Å². The fraction of sp³-hybridized carbons (Fsp3) is 0.442. The molecular formula is C52H64N2O4. The Morgan fingerprint density at radius 2 is 0.897 bits per heavy atom. The highest BCUT2D eigenvalue weighted by molar-refractivity contribution is 6.15. The van der Waals surface area contributed by atoms with Gasteiger partial charge in [-0.2, -0.15) is 0 Å². The van der Waals surface area contributed by atoms with Gasteiger partial charge in [-0.3, -0.25) is 0 Å². The molecule has 1 unspecified atom stereocenters. The van der Waals surface area contributed by atoms with E-state index in [0.717, 1.165) is 78.0 Å². The van der Waals surface area contributed by atoms with Crippen LogP contribution in [-0.2, 0) is 0 Å². The molecule has 6 heteroatoms. The van der Waals surface area contributed by atoms with Crippen molar-refractivity contribution in [2.24, 2.45) is 0 Å². The maximum Gasteiger partial charge on any atom is 0.344 e. The molecule has 0 amide bonds. The Kier molecular flexibility index (Phi) is 9.52. The molecule has 58 heavy (non-hydrogen) atoms. The molecule has 0 bridgehead atoms. The second-order valence-electron chi connectivity index (χ2n) is 18.8. The molecule has 0 saturated heterocycles. The third kappa shape index (κ3) is 5.49. The van der Waals surface area contributed by atoms with Crippen LogP contribution in [0.4, 0.5) is 11.4 Å². The van der Waals surface area contributed by atoms with Crippen molar-refractivity contribution in [2.45, 2.75) is 156 Å². The second kappa shape index (κ2) is 13.4. The van der Waals surface area contributed by atoms with Crippen LogP contribution in [0, 0.1) is 83.1 Å². The smallest absolute Gasteiger partial charge is 0.344 e. The molecule has 0 saturated carbocycles. The van der Waals surface area contributed by atoms with Gasteiger partial charge < -0.3 is 24.9 Å². The second-order valence-corrected chi connectivity index (χ2v) is 18.8. The number of fused-ring (bicyclic) bond motifs is 10. The SMILES string of the molecule is CC1=C(C)C(C)(C)Nc2c(C)c(C)c3c(c21)C(O)Oc1c(C)c(C)c(C)c(C)c1-3.CC1=C(C)C(C)(C)Nc2c(C)c(C)c3c(c21)c(=O)oc1c(C)c(C)c(C)c(C)c13. The predicted molar refractivity (Wildman–Crippen MR) is 246 cm³/mol. The maximum absolute atomic E-state index is 13.4. The van der Waals surface area contributed by atoms with Crippen molar-refractivity contribution in [2.75, 3.05) is 10.6 Å². The van der Waals surface area contributed by atoms with Crippen LogP contribution in [0.15, 0.2) is 20.4 Å². The zero-order chi connectivity index (χ0) is 43.1. The van der Waals surface area contributed by atoms with Gasteiger partial charge in [0.05, 0.1) is 16.5 Å². The minimum Gasteiger partial charge on any atom is -0.460 e. The Morgan fingerprint density at radius 1 is 0.466 bits per heavy atom. The summed E-state index contributed by atoms with van der Waals surface area (Å²) in [4.78, 5) is 13.4. The van der Waals surface area contributed by atoms with E-state index in [4.69, 9.17) is 9.15 Å². The van der Waals surface area contributed by atoms with Gasteiger partial charge >= 0.3 is 5.63 Å². The average molecular weight is 781 g/mol. The standard InChI is InChI=1S/C26H33NO2.C26H31NO2/c2*1-11-12(2)16(6)24-21(13(11)3)19-14(4)15(5)23-20(22(19)25(28)29-24)17(7)18(8)26(9,10)27-23/h25,27-28H,1-10H3;27H,1-10H3. The number of nitrogens with one attached hydrogen (secondary N) is 2. The minimum absolute atomic E-state index is 0.124. The van der Waals surface area contributed by atoms with Gasteiger partial charge in [0, 0.05) is 44.4 Å². The van der Waals surface area contributed by atoms with E-state index in [0.29, 0.717) is 5.39 Å². The molecule has 0 spiro atoms. The Morgan fingerprint density at radius 3 is 1.47 bits per heavy atom. The molecule has 8 rings (SSSR count). The summed E-state index contributed by atoms with van der Waals surface area (Å²) in [5.41, 5.74) is 27.0. The fourth-order valence-electron chi connectivity index (χ4n) is 10.1. The first-order valence-electron chi connectivity index (χ1n) is 20.8. The van der Waals surface area contributed by atoms with Crippen LogP contribution in [0.1, 0.15) is 145 Å². The van der Waals surface area contributed by atoms with Crippen LogP contribution in [0.2, 0.25) is 0 Å². The van der Waals surface area contributed by atoms with Gasteiger partial charge in [0.25, 0.3) is 0 Å². The molecule has 3 aliphatic rings. The molecule has 3 aliphatic heterocycles. The Labute approximate surface area is 345 Å². The lowest BCUT2D eigenvalue weighted by Gasteiger charge is -2.41. The van der Waals surface area contributed by atoms with E-state index in [9.17, 15) is 9.90 Å². The minimum atomic E-state index is -0.975. The average Bonchev–Trinajstić information content (AvgIpc) is 3.16. The number of rotatable bonds is 0. The van der Waals surface area contributed by atoms with E-state index in [1.807, 2.05) is 0 Å². The predicted octanol–water partition coefficient (Wildman–Crippen LogP) is 13.4. The van der Waals surface area contributed by atoms with Gasteiger partial charge in [-0.1, -0.05) is 0 Å². The molecule has 4 heterocycles. The number of benzene rings is 4. The first kappa shape index (κ1) is 41.4. The lowest BCUT2D eigenvalue weighted by molar-refractivity contribution is -0.0221. The van der Waals surface area contributed by atoms with Crippen LogP contribution in [-0.4, -0.2) is 16.2 Å². The number of hydrogen-bond acceptors (Lipinski definition) is 6. The van der Waals surface area contributed by atoms with Crippen molar-refractivity contribution in [3.63, 3.8) is 0 Å². The number of hydrogen-bond donors (Lipinski definition) is 3. The summed E-state index contributed by atoms with van der Waals surface area (Å²) in [7, 11) is 0.